The number of hydrogen-bond acceptors (Lipinski definition) is 5. The van der Waals surface area contributed by atoms with Gasteiger partial charge in [-0.2, -0.15) is 0 Å². The molecule has 1 N–H and O–H groups in total. The average Bonchev–Trinajstić information content (AvgIpc) is 3.13. The molecule has 2 saturated carbocycles. The standard InChI is InChI=1S/C31H41NO4/c1-20(33)36-24-10-11-25-22(18-24)14-15-30(2)27-12-13-28(34)31(27,3)19-26(29(25)30)21-6-8-23(9-7-21)35-17-16-32(4)5/h6-11,18,26-29,34H,12-17,19H2,1-5H3/t26-,27?,28+,29?,30+,31+/m1/s1. The molecule has 3 aliphatic rings. The lowest BCUT2D eigenvalue weighted by Gasteiger charge is -2.60. The normalized spacial score (nSPS) is 33.0. The fourth-order valence-corrected chi connectivity index (χ4v) is 7.95. The molecular formula is C31H41NO4. The maximum absolute atomic E-state index is 11.6. The first-order chi connectivity index (χ1) is 17.1. The van der Waals surface area contributed by atoms with Crippen molar-refractivity contribution in [2.75, 3.05) is 27.2 Å². The fraction of sp³-hybridized carbons (Fsp3) is 0.581. The Kier molecular flexibility index (Phi) is 6.67. The molecule has 5 rings (SSSR count). The number of esters is 1. The van der Waals surface area contributed by atoms with Crippen LogP contribution in [-0.4, -0.2) is 49.3 Å². The van der Waals surface area contributed by atoms with Crippen molar-refractivity contribution in [3.8, 4) is 11.5 Å². The summed E-state index contributed by atoms with van der Waals surface area (Å²) in [5.41, 5.74) is 4.03. The van der Waals surface area contributed by atoms with Crippen LogP contribution < -0.4 is 9.47 Å². The minimum absolute atomic E-state index is 0.0774. The number of carbonyl (C=O) groups excluding carboxylic acids is 1. The lowest BCUT2D eigenvalue weighted by molar-refractivity contribution is -0.131. The van der Waals surface area contributed by atoms with Gasteiger partial charge in [0.2, 0.25) is 0 Å². The van der Waals surface area contributed by atoms with E-state index >= 15 is 0 Å². The van der Waals surface area contributed by atoms with E-state index in [9.17, 15) is 9.90 Å². The maximum atomic E-state index is 11.6. The maximum Gasteiger partial charge on any atom is 0.308 e. The van der Waals surface area contributed by atoms with Crippen LogP contribution >= 0.6 is 0 Å². The summed E-state index contributed by atoms with van der Waals surface area (Å²) in [7, 11) is 4.10. The number of benzene rings is 2. The first-order valence-electron chi connectivity index (χ1n) is 13.5. The molecule has 2 fully saturated rings. The van der Waals surface area contributed by atoms with Crippen LogP contribution in [-0.2, 0) is 11.2 Å². The Morgan fingerprint density at radius 2 is 1.78 bits per heavy atom. The third-order valence-electron chi connectivity index (χ3n) is 9.61. The number of carbonyl (C=O) groups is 1. The van der Waals surface area contributed by atoms with Gasteiger partial charge >= 0.3 is 5.97 Å². The lowest BCUT2D eigenvalue weighted by Crippen LogP contribution is -2.52. The van der Waals surface area contributed by atoms with Crippen LogP contribution in [0.3, 0.4) is 0 Å². The van der Waals surface area contributed by atoms with Crippen LogP contribution in [0.15, 0.2) is 42.5 Å². The van der Waals surface area contributed by atoms with Gasteiger partial charge in [0, 0.05) is 13.5 Å². The highest BCUT2D eigenvalue weighted by Gasteiger charge is 2.62. The Morgan fingerprint density at radius 3 is 2.47 bits per heavy atom. The summed E-state index contributed by atoms with van der Waals surface area (Å²) >= 11 is 0. The summed E-state index contributed by atoms with van der Waals surface area (Å²) in [5, 5.41) is 11.2. The first-order valence-corrected chi connectivity index (χ1v) is 13.5. The number of aryl methyl sites for hydroxylation is 1. The summed E-state index contributed by atoms with van der Waals surface area (Å²) in [6, 6.07) is 14.9. The number of rotatable bonds is 6. The zero-order valence-electron chi connectivity index (χ0n) is 22.4. The zero-order chi connectivity index (χ0) is 25.7. The smallest absolute Gasteiger partial charge is 0.308 e. The van der Waals surface area contributed by atoms with Crippen molar-refractivity contribution in [1.82, 2.24) is 4.90 Å². The van der Waals surface area contributed by atoms with E-state index in [4.69, 9.17) is 9.47 Å². The molecular weight excluding hydrogens is 450 g/mol. The second-order valence-corrected chi connectivity index (χ2v) is 12.1. The topological polar surface area (TPSA) is 59.0 Å². The van der Waals surface area contributed by atoms with E-state index in [2.05, 4.69) is 69.2 Å². The van der Waals surface area contributed by atoms with E-state index in [0.29, 0.717) is 30.1 Å². The van der Waals surface area contributed by atoms with Crippen molar-refractivity contribution in [2.24, 2.45) is 16.7 Å². The molecule has 6 atom stereocenters. The minimum Gasteiger partial charge on any atom is -0.492 e. The van der Waals surface area contributed by atoms with Crippen molar-refractivity contribution in [3.05, 3.63) is 59.2 Å². The molecule has 2 unspecified atom stereocenters. The van der Waals surface area contributed by atoms with Crippen molar-refractivity contribution in [1.29, 1.82) is 0 Å². The quantitative estimate of drug-likeness (QED) is 0.424. The van der Waals surface area contributed by atoms with Crippen LogP contribution in [0.25, 0.3) is 0 Å². The van der Waals surface area contributed by atoms with E-state index in [-0.39, 0.29) is 22.9 Å². The summed E-state index contributed by atoms with van der Waals surface area (Å²) < 4.78 is 11.4. The first kappa shape index (κ1) is 25.3. The molecule has 5 nitrogen and oxygen atoms in total. The number of ether oxygens (including phenoxy) is 2. The third kappa shape index (κ3) is 4.35. The molecule has 0 saturated heterocycles. The van der Waals surface area contributed by atoms with Crippen molar-refractivity contribution < 1.29 is 19.4 Å². The molecule has 0 spiro atoms. The summed E-state index contributed by atoms with van der Waals surface area (Å²) in [6.07, 6.45) is 4.79. The van der Waals surface area contributed by atoms with Crippen LogP contribution in [0, 0.1) is 16.7 Å². The Labute approximate surface area is 215 Å². The van der Waals surface area contributed by atoms with Gasteiger partial charge in [-0.25, -0.2) is 0 Å². The second-order valence-electron chi connectivity index (χ2n) is 12.1. The van der Waals surface area contributed by atoms with Crippen molar-refractivity contribution in [2.45, 2.75) is 70.8 Å². The fourth-order valence-electron chi connectivity index (χ4n) is 7.95. The molecule has 0 heterocycles. The second kappa shape index (κ2) is 9.50. The Bertz CT molecular complexity index is 1110. The summed E-state index contributed by atoms with van der Waals surface area (Å²) in [6.45, 7) is 7.82. The van der Waals surface area contributed by atoms with Crippen LogP contribution in [0.1, 0.15) is 75.0 Å². The number of aliphatic hydroxyl groups is 1. The highest BCUT2D eigenvalue weighted by atomic mass is 16.5. The Hall–Kier alpha value is -2.37. The van der Waals surface area contributed by atoms with Gasteiger partial charge in [0.1, 0.15) is 18.1 Å². The number of nitrogens with zero attached hydrogens (tertiary/aromatic N) is 1. The largest absolute Gasteiger partial charge is 0.492 e. The molecule has 36 heavy (non-hydrogen) atoms. The van der Waals surface area contributed by atoms with Crippen LogP contribution in [0.5, 0.6) is 11.5 Å². The molecule has 2 aromatic rings. The molecule has 3 aliphatic carbocycles. The zero-order valence-corrected chi connectivity index (χ0v) is 22.4. The number of hydrogen-bond donors (Lipinski definition) is 1. The van der Waals surface area contributed by atoms with Gasteiger partial charge in [-0.05, 0) is 116 Å². The highest BCUT2D eigenvalue weighted by Crippen LogP contribution is 2.70. The van der Waals surface area contributed by atoms with Crippen LogP contribution in [0.4, 0.5) is 0 Å². The van der Waals surface area contributed by atoms with Gasteiger partial charge in [0.05, 0.1) is 6.10 Å². The van der Waals surface area contributed by atoms with Gasteiger partial charge in [-0.3, -0.25) is 4.79 Å². The molecule has 2 aromatic carbocycles. The van der Waals surface area contributed by atoms with E-state index in [1.165, 1.54) is 23.6 Å². The number of likely N-dealkylation sites (N-methyl/N-ethyl adjacent to an activating group) is 1. The van der Waals surface area contributed by atoms with E-state index < -0.39 is 0 Å². The molecule has 0 bridgehead atoms. The van der Waals surface area contributed by atoms with Crippen molar-refractivity contribution in [3.63, 3.8) is 0 Å². The molecule has 0 amide bonds. The summed E-state index contributed by atoms with van der Waals surface area (Å²) in [4.78, 5) is 13.7. The van der Waals surface area contributed by atoms with E-state index in [1.54, 1.807) is 0 Å². The Morgan fingerprint density at radius 1 is 1.06 bits per heavy atom. The van der Waals surface area contributed by atoms with E-state index in [0.717, 1.165) is 44.4 Å². The number of aliphatic hydroxyl groups excluding tert-OH is 1. The highest BCUT2D eigenvalue weighted by molar-refractivity contribution is 5.69. The Balaban J connectivity index is 1.52. The SMILES string of the molecule is CC(=O)Oc1ccc2c(c1)CC[C@]1(C)C2[C@@H](c2ccc(OCCN(C)C)cc2)C[C@@]2(C)C1CC[C@@H]2O. The van der Waals surface area contributed by atoms with Crippen LogP contribution in [0.2, 0.25) is 0 Å². The van der Waals surface area contributed by atoms with Gasteiger partial charge in [-0.15, -0.1) is 0 Å². The van der Waals surface area contributed by atoms with E-state index in [1.807, 2.05) is 6.07 Å². The predicted molar refractivity (Wildman–Crippen MR) is 142 cm³/mol. The molecule has 0 radical (unpaired) electrons. The van der Waals surface area contributed by atoms with Crippen molar-refractivity contribution >= 4 is 5.97 Å². The average molecular weight is 492 g/mol. The molecule has 0 aromatic heterocycles. The predicted octanol–water partition coefficient (Wildman–Crippen LogP) is 5.55. The number of fused-ring (bicyclic) bond motifs is 5. The van der Waals surface area contributed by atoms with Gasteiger partial charge in [0.15, 0.2) is 0 Å². The van der Waals surface area contributed by atoms with Gasteiger partial charge in [-0.1, -0.05) is 32.0 Å². The van der Waals surface area contributed by atoms with Gasteiger partial charge < -0.3 is 19.5 Å². The molecule has 194 valence electrons. The molecule has 5 heteroatoms. The minimum atomic E-state index is -0.283. The monoisotopic (exact) mass is 491 g/mol. The van der Waals surface area contributed by atoms with Gasteiger partial charge in [0.25, 0.3) is 0 Å². The summed E-state index contributed by atoms with van der Waals surface area (Å²) in [5.74, 6) is 2.41. The molecule has 0 aliphatic heterocycles. The lowest BCUT2D eigenvalue weighted by atomic mass is 9.44. The third-order valence-corrected chi connectivity index (χ3v) is 9.61.